The molecule has 1 saturated heterocycles. The van der Waals surface area contributed by atoms with E-state index in [-0.39, 0.29) is 12.5 Å². The predicted molar refractivity (Wildman–Crippen MR) is 95.9 cm³/mol. The first-order valence-corrected chi connectivity index (χ1v) is 8.43. The Bertz CT molecular complexity index is 805. The van der Waals surface area contributed by atoms with Crippen LogP contribution in [0.4, 0.5) is 5.69 Å². The van der Waals surface area contributed by atoms with E-state index in [1.807, 2.05) is 12.1 Å². The summed E-state index contributed by atoms with van der Waals surface area (Å²) in [7, 11) is 0. The summed E-state index contributed by atoms with van der Waals surface area (Å²) in [5, 5.41) is 2.61. The largest absolute Gasteiger partial charge is 0.369 e. The second-order valence-corrected chi connectivity index (χ2v) is 6.23. The number of pyridine rings is 1. The number of anilines is 1. The molecule has 7 heteroatoms. The molecule has 2 heterocycles. The van der Waals surface area contributed by atoms with Crippen molar-refractivity contribution in [2.45, 2.75) is 25.3 Å². The Balaban J connectivity index is 1.65. The summed E-state index contributed by atoms with van der Waals surface area (Å²) >= 11 is 0. The van der Waals surface area contributed by atoms with Gasteiger partial charge in [0.15, 0.2) is 0 Å². The van der Waals surface area contributed by atoms with Crippen LogP contribution in [0.25, 0.3) is 0 Å². The SMILES string of the molecule is NC(=O)Cc1ccc(NC(=O)C(=O)N2CCCC2c2ccncc2)cc1. The summed E-state index contributed by atoms with van der Waals surface area (Å²) in [4.78, 5) is 41.4. The highest BCUT2D eigenvalue weighted by Crippen LogP contribution is 2.31. The number of likely N-dealkylation sites (tertiary alicyclic amines) is 1. The first-order chi connectivity index (χ1) is 12.5. The van der Waals surface area contributed by atoms with Crippen molar-refractivity contribution in [2.75, 3.05) is 11.9 Å². The molecule has 0 saturated carbocycles. The zero-order chi connectivity index (χ0) is 18.5. The smallest absolute Gasteiger partial charge is 0.313 e. The average Bonchev–Trinajstić information content (AvgIpc) is 3.12. The number of primary amides is 1. The quantitative estimate of drug-likeness (QED) is 0.812. The van der Waals surface area contributed by atoms with Crippen molar-refractivity contribution in [1.29, 1.82) is 0 Å². The lowest BCUT2D eigenvalue weighted by Gasteiger charge is -2.24. The summed E-state index contributed by atoms with van der Waals surface area (Å²) in [6.07, 6.45) is 5.18. The van der Waals surface area contributed by atoms with Crippen LogP contribution in [0, 0.1) is 0 Å². The van der Waals surface area contributed by atoms with Crippen molar-refractivity contribution in [2.24, 2.45) is 5.73 Å². The molecule has 1 unspecified atom stereocenters. The van der Waals surface area contributed by atoms with Crippen LogP contribution in [-0.4, -0.2) is 34.2 Å². The lowest BCUT2D eigenvalue weighted by molar-refractivity contribution is -0.143. The predicted octanol–water partition coefficient (Wildman–Crippen LogP) is 1.41. The summed E-state index contributed by atoms with van der Waals surface area (Å²) in [5.41, 5.74) is 7.38. The molecule has 3 amide bonds. The molecule has 0 spiro atoms. The fourth-order valence-corrected chi connectivity index (χ4v) is 3.16. The Morgan fingerprint density at radius 3 is 2.46 bits per heavy atom. The van der Waals surface area contributed by atoms with E-state index >= 15 is 0 Å². The third kappa shape index (κ3) is 4.05. The van der Waals surface area contributed by atoms with Gasteiger partial charge in [-0.3, -0.25) is 19.4 Å². The maximum atomic E-state index is 12.6. The number of carbonyl (C=O) groups excluding carboxylic acids is 3. The Hall–Kier alpha value is -3.22. The van der Waals surface area contributed by atoms with Crippen LogP contribution in [0.3, 0.4) is 0 Å². The minimum atomic E-state index is -0.673. The van der Waals surface area contributed by atoms with Crippen molar-refractivity contribution in [3.63, 3.8) is 0 Å². The lowest BCUT2D eigenvalue weighted by atomic mass is 10.1. The number of nitrogens with one attached hydrogen (secondary N) is 1. The molecule has 0 radical (unpaired) electrons. The van der Waals surface area contributed by atoms with Crippen molar-refractivity contribution >= 4 is 23.4 Å². The second kappa shape index (κ2) is 7.77. The molecule has 7 nitrogen and oxygen atoms in total. The van der Waals surface area contributed by atoms with Crippen molar-refractivity contribution in [3.05, 3.63) is 59.9 Å². The van der Waals surface area contributed by atoms with Crippen molar-refractivity contribution < 1.29 is 14.4 Å². The van der Waals surface area contributed by atoms with Crippen LogP contribution < -0.4 is 11.1 Å². The molecule has 0 aliphatic carbocycles. The number of nitrogens with two attached hydrogens (primary N) is 1. The number of benzene rings is 1. The lowest BCUT2D eigenvalue weighted by Crippen LogP contribution is -2.39. The molecule has 1 aromatic heterocycles. The standard InChI is InChI=1S/C19H20N4O3/c20-17(24)12-13-3-5-15(6-4-13)22-18(25)19(26)23-11-1-2-16(23)14-7-9-21-10-8-14/h3-10,16H,1-2,11-12H2,(H2,20,24)(H,22,25). The molecule has 1 atom stereocenters. The van der Waals surface area contributed by atoms with Gasteiger partial charge in [-0.05, 0) is 48.2 Å². The second-order valence-electron chi connectivity index (χ2n) is 6.23. The minimum Gasteiger partial charge on any atom is -0.369 e. The molecular formula is C19H20N4O3. The summed E-state index contributed by atoms with van der Waals surface area (Å²) in [5.74, 6) is -1.65. The Morgan fingerprint density at radius 1 is 1.12 bits per heavy atom. The van der Waals surface area contributed by atoms with E-state index < -0.39 is 17.7 Å². The van der Waals surface area contributed by atoms with Gasteiger partial charge in [-0.1, -0.05) is 12.1 Å². The van der Waals surface area contributed by atoms with Gasteiger partial charge < -0.3 is 16.0 Å². The van der Waals surface area contributed by atoms with Crippen LogP contribution in [0.1, 0.15) is 30.0 Å². The van der Waals surface area contributed by atoms with Crippen LogP contribution in [-0.2, 0) is 20.8 Å². The Kier molecular flexibility index (Phi) is 5.26. The normalized spacial score (nSPS) is 16.3. The van der Waals surface area contributed by atoms with Gasteiger partial charge in [-0.25, -0.2) is 0 Å². The Morgan fingerprint density at radius 2 is 1.81 bits per heavy atom. The molecule has 3 rings (SSSR count). The van der Waals surface area contributed by atoms with Gasteiger partial charge in [0.05, 0.1) is 12.5 Å². The fraction of sp³-hybridized carbons (Fsp3) is 0.263. The van der Waals surface area contributed by atoms with Crippen LogP contribution in [0.2, 0.25) is 0 Å². The zero-order valence-electron chi connectivity index (χ0n) is 14.2. The van der Waals surface area contributed by atoms with Gasteiger partial charge in [0.1, 0.15) is 0 Å². The van der Waals surface area contributed by atoms with E-state index in [4.69, 9.17) is 5.73 Å². The number of nitrogens with zero attached hydrogens (tertiary/aromatic N) is 2. The summed E-state index contributed by atoms with van der Waals surface area (Å²) in [6.45, 7) is 0.552. The third-order valence-electron chi connectivity index (χ3n) is 4.39. The van der Waals surface area contributed by atoms with Gasteiger partial charge in [0.2, 0.25) is 5.91 Å². The highest BCUT2D eigenvalue weighted by atomic mass is 16.2. The number of hydrogen-bond donors (Lipinski definition) is 2. The number of aromatic nitrogens is 1. The fourth-order valence-electron chi connectivity index (χ4n) is 3.16. The van der Waals surface area contributed by atoms with E-state index in [9.17, 15) is 14.4 Å². The molecule has 0 bridgehead atoms. The van der Waals surface area contributed by atoms with Crippen LogP contribution in [0.5, 0.6) is 0 Å². The van der Waals surface area contributed by atoms with Crippen molar-refractivity contribution in [3.8, 4) is 0 Å². The van der Waals surface area contributed by atoms with Gasteiger partial charge in [-0.2, -0.15) is 0 Å². The van der Waals surface area contributed by atoms with E-state index in [0.29, 0.717) is 12.2 Å². The van der Waals surface area contributed by atoms with E-state index in [1.54, 1.807) is 41.6 Å². The highest BCUT2D eigenvalue weighted by molar-refractivity contribution is 6.39. The monoisotopic (exact) mass is 352 g/mol. The number of carbonyl (C=O) groups is 3. The van der Waals surface area contributed by atoms with Gasteiger partial charge in [0, 0.05) is 24.6 Å². The zero-order valence-corrected chi connectivity index (χ0v) is 14.2. The first-order valence-electron chi connectivity index (χ1n) is 8.43. The summed E-state index contributed by atoms with van der Waals surface area (Å²) < 4.78 is 0. The molecular weight excluding hydrogens is 332 g/mol. The maximum Gasteiger partial charge on any atom is 0.313 e. The van der Waals surface area contributed by atoms with Crippen LogP contribution in [0.15, 0.2) is 48.8 Å². The first kappa shape index (κ1) is 17.6. The maximum absolute atomic E-state index is 12.6. The molecule has 26 heavy (non-hydrogen) atoms. The van der Waals surface area contributed by atoms with E-state index in [2.05, 4.69) is 10.3 Å². The Labute approximate surface area is 151 Å². The van der Waals surface area contributed by atoms with E-state index in [0.717, 1.165) is 24.0 Å². The average molecular weight is 352 g/mol. The van der Waals surface area contributed by atoms with Gasteiger partial charge >= 0.3 is 11.8 Å². The van der Waals surface area contributed by atoms with Crippen molar-refractivity contribution in [1.82, 2.24) is 9.88 Å². The topological polar surface area (TPSA) is 105 Å². The van der Waals surface area contributed by atoms with Gasteiger partial charge in [0.25, 0.3) is 0 Å². The molecule has 134 valence electrons. The highest BCUT2D eigenvalue weighted by Gasteiger charge is 2.33. The number of hydrogen-bond acceptors (Lipinski definition) is 4. The third-order valence-corrected chi connectivity index (χ3v) is 4.39. The minimum absolute atomic E-state index is 0.103. The van der Waals surface area contributed by atoms with Gasteiger partial charge in [-0.15, -0.1) is 0 Å². The number of rotatable bonds is 4. The van der Waals surface area contributed by atoms with E-state index in [1.165, 1.54) is 0 Å². The number of amides is 3. The molecule has 1 aliphatic rings. The van der Waals surface area contributed by atoms with Crippen LogP contribution >= 0.6 is 0 Å². The molecule has 2 aromatic rings. The molecule has 1 aromatic carbocycles. The molecule has 1 fully saturated rings. The molecule has 1 aliphatic heterocycles. The molecule has 3 N–H and O–H groups in total. The summed E-state index contributed by atoms with van der Waals surface area (Å²) in [6, 6.07) is 10.3.